The molecule has 0 aliphatic rings. The van der Waals surface area contributed by atoms with Crippen molar-refractivity contribution in [2.24, 2.45) is 0 Å². The maximum Gasteiger partial charge on any atom is 0.327 e. The predicted octanol–water partition coefficient (Wildman–Crippen LogP) is 3.69. The van der Waals surface area contributed by atoms with Crippen LogP contribution in [-0.4, -0.2) is 13.1 Å². The molecule has 0 radical (unpaired) electrons. The van der Waals surface area contributed by atoms with Gasteiger partial charge in [0.25, 0.3) is 6.43 Å². The summed E-state index contributed by atoms with van der Waals surface area (Å²) in [5.74, 6) is -0.448. The minimum atomic E-state index is -2.52. The van der Waals surface area contributed by atoms with Gasteiger partial charge in [-0.2, -0.15) is 0 Å². The molecular weight excluding hydrogens is 296 g/mol. The molecule has 0 spiro atoms. The van der Waals surface area contributed by atoms with Crippen LogP contribution in [0.1, 0.15) is 28.5 Å². The molecule has 1 unspecified atom stereocenters. The van der Waals surface area contributed by atoms with Crippen LogP contribution in [-0.2, 0) is 16.1 Å². The van der Waals surface area contributed by atoms with Crippen molar-refractivity contribution >= 4 is 17.3 Å². The highest BCUT2D eigenvalue weighted by atomic mass is 32.1. The lowest BCUT2D eigenvalue weighted by Crippen LogP contribution is -2.29. The Morgan fingerprint density at radius 3 is 2.43 bits per heavy atom. The molecule has 0 amide bonds. The van der Waals surface area contributed by atoms with E-state index in [1.807, 2.05) is 17.5 Å². The average molecular weight is 311 g/mol. The number of alkyl halides is 2. The zero-order valence-corrected chi connectivity index (χ0v) is 12.2. The first-order valence-corrected chi connectivity index (χ1v) is 7.21. The molecule has 3 nitrogen and oxygen atoms in total. The van der Waals surface area contributed by atoms with Gasteiger partial charge in [0.2, 0.25) is 0 Å². The summed E-state index contributed by atoms with van der Waals surface area (Å²) in [4.78, 5) is 12.9. The van der Waals surface area contributed by atoms with E-state index in [1.165, 1.54) is 31.4 Å². The van der Waals surface area contributed by atoms with Crippen molar-refractivity contribution in [2.75, 3.05) is 7.11 Å². The highest BCUT2D eigenvalue weighted by Crippen LogP contribution is 2.22. The Balaban J connectivity index is 2.13. The third kappa shape index (κ3) is 4.09. The van der Waals surface area contributed by atoms with Gasteiger partial charge >= 0.3 is 5.97 Å². The lowest BCUT2D eigenvalue weighted by molar-refractivity contribution is -0.143. The van der Waals surface area contributed by atoms with Crippen LogP contribution >= 0.6 is 11.3 Å². The SMILES string of the molecule is COC(=O)C(NCc1cccs1)c1ccc(C(F)F)cc1. The molecule has 2 rings (SSSR count). The summed E-state index contributed by atoms with van der Waals surface area (Å²) in [6.07, 6.45) is -2.52. The summed E-state index contributed by atoms with van der Waals surface area (Å²) in [5, 5.41) is 5.03. The number of carbonyl (C=O) groups excluding carboxylic acids is 1. The molecule has 6 heteroatoms. The van der Waals surface area contributed by atoms with Crippen LogP contribution in [0.15, 0.2) is 41.8 Å². The molecule has 0 bridgehead atoms. The van der Waals surface area contributed by atoms with Crippen LogP contribution in [0.3, 0.4) is 0 Å². The molecule has 1 aromatic carbocycles. The molecule has 0 aliphatic carbocycles. The fourth-order valence-electron chi connectivity index (χ4n) is 1.90. The van der Waals surface area contributed by atoms with E-state index >= 15 is 0 Å². The summed E-state index contributed by atoms with van der Waals surface area (Å²) in [6, 6.07) is 8.88. The molecule has 21 heavy (non-hydrogen) atoms. The fourth-order valence-corrected chi connectivity index (χ4v) is 2.56. The van der Waals surface area contributed by atoms with Crippen LogP contribution in [0.2, 0.25) is 0 Å². The summed E-state index contributed by atoms with van der Waals surface area (Å²) >= 11 is 1.57. The molecular formula is C15H15F2NO2S. The van der Waals surface area contributed by atoms with Crippen LogP contribution in [0.4, 0.5) is 8.78 Å². The van der Waals surface area contributed by atoms with E-state index in [9.17, 15) is 13.6 Å². The van der Waals surface area contributed by atoms with Gasteiger partial charge in [-0.15, -0.1) is 11.3 Å². The van der Waals surface area contributed by atoms with Gasteiger partial charge in [0.05, 0.1) is 7.11 Å². The van der Waals surface area contributed by atoms with E-state index in [2.05, 4.69) is 5.32 Å². The lowest BCUT2D eigenvalue weighted by Gasteiger charge is -2.17. The standard InChI is InChI=1S/C15H15F2NO2S/c1-20-15(19)13(18-9-12-3-2-8-21-12)10-4-6-11(7-5-10)14(16)17/h2-8,13-14,18H,9H2,1H3. The summed E-state index contributed by atoms with van der Waals surface area (Å²) in [6.45, 7) is 0.508. The largest absolute Gasteiger partial charge is 0.468 e. The number of ether oxygens (including phenoxy) is 1. The van der Waals surface area contributed by atoms with E-state index in [4.69, 9.17) is 4.74 Å². The number of rotatable bonds is 6. The zero-order chi connectivity index (χ0) is 15.2. The Labute approximate surface area is 125 Å². The number of hydrogen-bond donors (Lipinski definition) is 1. The van der Waals surface area contributed by atoms with Crippen molar-refractivity contribution in [1.82, 2.24) is 5.32 Å². The van der Waals surface area contributed by atoms with Gasteiger partial charge in [0, 0.05) is 17.0 Å². The molecule has 0 saturated carbocycles. The van der Waals surface area contributed by atoms with Gasteiger partial charge in [-0.05, 0) is 17.0 Å². The van der Waals surface area contributed by atoms with Crippen molar-refractivity contribution < 1.29 is 18.3 Å². The van der Waals surface area contributed by atoms with Gasteiger partial charge in [-0.1, -0.05) is 30.3 Å². The van der Waals surface area contributed by atoms with E-state index in [1.54, 1.807) is 11.3 Å². The summed E-state index contributed by atoms with van der Waals surface area (Å²) in [7, 11) is 1.30. The normalized spacial score (nSPS) is 12.4. The van der Waals surface area contributed by atoms with Crippen molar-refractivity contribution in [2.45, 2.75) is 19.0 Å². The number of esters is 1. The van der Waals surface area contributed by atoms with Gasteiger partial charge in [-0.3, -0.25) is 5.32 Å². The second-order valence-electron chi connectivity index (χ2n) is 4.38. The van der Waals surface area contributed by atoms with Crippen molar-refractivity contribution in [3.05, 3.63) is 57.8 Å². The van der Waals surface area contributed by atoms with Gasteiger partial charge in [0.1, 0.15) is 6.04 Å². The Hall–Kier alpha value is -1.79. The van der Waals surface area contributed by atoms with Gasteiger partial charge in [-0.25, -0.2) is 13.6 Å². The molecule has 0 fully saturated rings. The molecule has 112 valence electrons. The predicted molar refractivity (Wildman–Crippen MR) is 77.3 cm³/mol. The second-order valence-corrected chi connectivity index (χ2v) is 5.42. The monoisotopic (exact) mass is 311 g/mol. The van der Waals surface area contributed by atoms with Crippen LogP contribution in [0.5, 0.6) is 0 Å². The number of methoxy groups -OCH3 is 1. The maximum atomic E-state index is 12.6. The number of halogens is 2. The van der Waals surface area contributed by atoms with Gasteiger partial charge < -0.3 is 4.74 Å². The Kier molecular flexibility index (Phi) is 5.41. The maximum absolute atomic E-state index is 12.6. The first-order valence-electron chi connectivity index (χ1n) is 6.33. The molecule has 2 aromatic rings. The molecule has 1 N–H and O–H groups in total. The molecule has 0 saturated heterocycles. The first-order chi connectivity index (χ1) is 10.1. The topological polar surface area (TPSA) is 38.3 Å². The minimum Gasteiger partial charge on any atom is -0.468 e. The molecule has 1 atom stereocenters. The van der Waals surface area contributed by atoms with Crippen molar-refractivity contribution in [1.29, 1.82) is 0 Å². The number of nitrogens with one attached hydrogen (secondary N) is 1. The average Bonchev–Trinajstić information content (AvgIpc) is 3.01. The summed E-state index contributed by atoms with van der Waals surface area (Å²) in [5.41, 5.74) is 0.531. The van der Waals surface area contributed by atoms with E-state index in [0.717, 1.165) is 4.88 Å². The third-order valence-electron chi connectivity index (χ3n) is 3.02. The highest BCUT2D eigenvalue weighted by Gasteiger charge is 2.21. The van der Waals surface area contributed by atoms with E-state index < -0.39 is 18.4 Å². The third-order valence-corrected chi connectivity index (χ3v) is 3.90. The fraction of sp³-hybridized carbons (Fsp3) is 0.267. The van der Waals surface area contributed by atoms with E-state index in [0.29, 0.717) is 12.1 Å². The first kappa shape index (κ1) is 15.6. The van der Waals surface area contributed by atoms with Crippen LogP contribution in [0, 0.1) is 0 Å². The smallest absolute Gasteiger partial charge is 0.327 e. The second kappa shape index (κ2) is 7.28. The van der Waals surface area contributed by atoms with Crippen LogP contribution in [0.25, 0.3) is 0 Å². The molecule has 0 aliphatic heterocycles. The Morgan fingerprint density at radius 2 is 1.90 bits per heavy atom. The Morgan fingerprint density at radius 1 is 1.24 bits per heavy atom. The lowest BCUT2D eigenvalue weighted by atomic mass is 10.0. The number of hydrogen-bond acceptors (Lipinski definition) is 4. The number of thiophene rings is 1. The van der Waals surface area contributed by atoms with Gasteiger partial charge in [0.15, 0.2) is 0 Å². The van der Waals surface area contributed by atoms with Crippen molar-refractivity contribution in [3.63, 3.8) is 0 Å². The molecule has 1 heterocycles. The molecule has 1 aromatic heterocycles. The zero-order valence-electron chi connectivity index (χ0n) is 11.4. The highest BCUT2D eigenvalue weighted by molar-refractivity contribution is 7.09. The number of benzene rings is 1. The van der Waals surface area contributed by atoms with Crippen LogP contribution < -0.4 is 5.32 Å². The summed E-state index contributed by atoms with van der Waals surface area (Å²) < 4.78 is 29.9. The number of carbonyl (C=O) groups is 1. The minimum absolute atomic E-state index is 0.0689. The van der Waals surface area contributed by atoms with Crippen molar-refractivity contribution in [3.8, 4) is 0 Å². The quantitative estimate of drug-likeness (QED) is 0.827. The van der Waals surface area contributed by atoms with E-state index in [-0.39, 0.29) is 5.56 Å². The Bertz CT molecular complexity index is 570.